The van der Waals surface area contributed by atoms with Crippen molar-refractivity contribution in [3.05, 3.63) is 124 Å². The first-order valence-electron chi connectivity index (χ1n) is 15.8. The van der Waals surface area contributed by atoms with Gasteiger partial charge in [0, 0.05) is 35.1 Å². The number of benzene rings is 4. The minimum atomic E-state index is -4.27. The van der Waals surface area contributed by atoms with Gasteiger partial charge in [0.2, 0.25) is 11.8 Å². The van der Waals surface area contributed by atoms with E-state index in [0.29, 0.717) is 40.2 Å². The van der Waals surface area contributed by atoms with Crippen molar-refractivity contribution in [3.8, 4) is 5.75 Å². The highest BCUT2D eigenvalue weighted by molar-refractivity contribution is 7.92. The first kappa shape index (κ1) is 36.8. The number of amides is 2. The molecule has 0 fully saturated rings. The molecule has 2 amide bonds. The summed E-state index contributed by atoms with van der Waals surface area (Å²) in [6, 6.07) is 26.3. The highest BCUT2D eigenvalue weighted by atomic mass is 35.5. The Labute approximate surface area is 293 Å². The van der Waals surface area contributed by atoms with E-state index in [4.69, 9.17) is 27.9 Å². The van der Waals surface area contributed by atoms with E-state index in [0.717, 1.165) is 15.4 Å². The summed E-state index contributed by atoms with van der Waals surface area (Å²) in [5.74, 6) is -0.305. The predicted molar refractivity (Wildman–Crippen MR) is 192 cm³/mol. The van der Waals surface area contributed by atoms with Crippen molar-refractivity contribution >= 4 is 50.7 Å². The summed E-state index contributed by atoms with van der Waals surface area (Å²) in [7, 11) is -4.27. The van der Waals surface area contributed by atoms with Gasteiger partial charge in [0.15, 0.2) is 0 Å². The molecule has 48 heavy (non-hydrogen) atoms. The van der Waals surface area contributed by atoms with Gasteiger partial charge in [-0.05, 0) is 73.9 Å². The van der Waals surface area contributed by atoms with Crippen LogP contribution in [0.5, 0.6) is 5.75 Å². The van der Waals surface area contributed by atoms with Gasteiger partial charge in [0.1, 0.15) is 18.3 Å². The SMILES string of the molecule is CCOc1ccc(S(=O)(=O)N(CC(=O)N(Cc2c(Cl)cccc2Cl)[C@@H](Cc2ccccc2)C(=O)NCC(C)C)c2ccc(C)cc2)cc1. The molecular formula is C37H41Cl2N3O5S. The predicted octanol–water partition coefficient (Wildman–Crippen LogP) is 7.31. The van der Waals surface area contributed by atoms with Gasteiger partial charge in [-0.3, -0.25) is 13.9 Å². The van der Waals surface area contributed by atoms with Crippen molar-refractivity contribution in [3.63, 3.8) is 0 Å². The molecule has 11 heteroatoms. The molecule has 4 aromatic carbocycles. The molecule has 8 nitrogen and oxygen atoms in total. The van der Waals surface area contributed by atoms with E-state index in [1.54, 1.807) is 54.6 Å². The molecule has 1 N–H and O–H groups in total. The van der Waals surface area contributed by atoms with Crippen molar-refractivity contribution in [2.75, 3.05) is 24.0 Å². The van der Waals surface area contributed by atoms with Crippen LogP contribution in [0.4, 0.5) is 5.69 Å². The Morgan fingerprint density at radius 2 is 1.48 bits per heavy atom. The van der Waals surface area contributed by atoms with Crippen LogP contribution in [-0.4, -0.2) is 50.9 Å². The molecule has 0 aromatic heterocycles. The molecular weight excluding hydrogens is 669 g/mol. The largest absolute Gasteiger partial charge is 0.494 e. The quantitative estimate of drug-likeness (QED) is 0.140. The number of aryl methyl sites for hydroxylation is 1. The normalized spacial score (nSPS) is 12.0. The smallest absolute Gasteiger partial charge is 0.264 e. The number of hydrogen-bond acceptors (Lipinski definition) is 5. The number of halogens is 2. The van der Waals surface area contributed by atoms with E-state index >= 15 is 0 Å². The number of nitrogens with one attached hydrogen (secondary N) is 1. The van der Waals surface area contributed by atoms with E-state index in [1.165, 1.54) is 17.0 Å². The first-order chi connectivity index (χ1) is 22.9. The maximum Gasteiger partial charge on any atom is 0.264 e. The summed E-state index contributed by atoms with van der Waals surface area (Å²) in [5.41, 5.74) is 2.48. The van der Waals surface area contributed by atoms with E-state index in [9.17, 15) is 18.0 Å². The minimum Gasteiger partial charge on any atom is -0.494 e. The molecule has 0 spiro atoms. The molecule has 4 aromatic rings. The third-order valence-electron chi connectivity index (χ3n) is 7.67. The Bertz CT molecular complexity index is 1760. The van der Waals surface area contributed by atoms with Crippen molar-refractivity contribution < 1.29 is 22.7 Å². The number of ether oxygens (including phenoxy) is 1. The lowest BCUT2D eigenvalue weighted by Gasteiger charge is -2.34. The second-order valence-electron chi connectivity index (χ2n) is 11.8. The molecule has 0 aliphatic rings. The molecule has 0 radical (unpaired) electrons. The summed E-state index contributed by atoms with van der Waals surface area (Å²) in [6.07, 6.45) is 0.175. The number of hydrogen-bond donors (Lipinski definition) is 1. The van der Waals surface area contributed by atoms with Crippen LogP contribution in [0.1, 0.15) is 37.5 Å². The van der Waals surface area contributed by atoms with Crippen molar-refractivity contribution in [1.29, 1.82) is 0 Å². The van der Waals surface area contributed by atoms with E-state index in [1.807, 2.05) is 58.0 Å². The number of sulfonamides is 1. The molecule has 0 unspecified atom stereocenters. The Balaban J connectivity index is 1.82. The highest BCUT2D eigenvalue weighted by Gasteiger charge is 2.35. The molecule has 0 saturated heterocycles. The van der Waals surface area contributed by atoms with E-state index < -0.39 is 28.5 Å². The van der Waals surface area contributed by atoms with Crippen molar-refractivity contribution in [1.82, 2.24) is 10.2 Å². The van der Waals surface area contributed by atoms with Gasteiger partial charge in [0.25, 0.3) is 10.0 Å². The van der Waals surface area contributed by atoms with Gasteiger partial charge < -0.3 is 15.0 Å². The molecule has 0 saturated carbocycles. The van der Waals surface area contributed by atoms with Crippen molar-refractivity contribution in [2.45, 2.75) is 51.6 Å². The van der Waals surface area contributed by atoms with E-state index in [2.05, 4.69) is 5.32 Å². The fraction of sp³-hybridized carbons (Fsp3) is 0.297. The van der Waals surface area contributed by atoms with Crippen LogP contribution in [0.2, 0.25) is 10.0 Å². The highest BCUT2D eigenvalue weighted by Crippen LogP contribution is 2.29. The van der Waals surface area contributed by atoms with Gasteiger partial charge in [-0.2, -0.15) is 0 Å². The second kappa shape index (κ2) is 16.9. The van der Waals surface area contributed by atoms with Gasteiger partial charge in [-0.1, -0.05) is 91.1 Å². The number of rotatable bonds is 15. The van der Waals surface area contributed by atoms with Gasteiger partial charge >= 0.3 is 0 Å². The zero-order valence-electron chi connectivity index (χ0n) is 27.5. The van der Waals surface area contributed by atoms with Crippen LogP contribution in [0.3, 0.4) is 0 Å². The Morgan fingerprint density at radius 1 is 0.854 bits per heavy atom. The summed E-state index contributed by atoms with van der Waals surface area (Å²) >= 11 is 13.2. The van der Waals surface area contributed by atoms with Crippen LogP contribution < -0.4 is 14.4 Å². The van der Waals surface area contributed by atoms with Crippen LogP contribution in [0, 0.1) is 12.8 Å². The molecule has 254 valence electrons. The number of carbonyl (C=O) groups excluding carboxylic acids is 2. The monoisotopic (exact) mass is 709 g/mol. The fourth-order valence-electron chi connectivity index (χ4n) is 5.07. The first-order valence-corrected chi connectivity index (χ1v) is 18.0. The molecule has 0 aliphatic carbocycles. The maximum absolute atomic E-state index is 14.6. The number of carbonyl (C=O) groups is 2. The number of anilines is 1. The van der Waals surface area contributed by atoms with Crippen LogP contribution in [-0.2, 0) is 32.6 Å². The van der Waals surface area contributed by atoms with Gasteiger partial charge in [0.05, 0.1) is 17.2 Å². The third kappa shape index (κ3) is 9.52. The Kier molecular flexibility index (Phi) is 12.9. The van der Waals surface area contributed by atoms with E-state index in [-0.39, 0.29) is 29.7 Å². The molecule has 1 atom stereocenters. The third-order valence-corrected chi connectivity index (χ3v) is 10.2. The maximum atomic E-state index is 14.6. The molecule has 0 aliphatic heterocycles. The van der Waals surface area contributed by atoms with Crippen LogP contribution >= 0.6 is 23.2 Å². The zero-order valence-corrected chi connectivity index (χ0v) is 29.9. The molecule has 0 bridgehead atoms. The lowest BCUT2D eigenvalue weighted by Crippen LogP contribution is -2.53. The summed E-state index contributed by atoms with van der Waals surface area (Å²) < 4.78 is 35.1. The Hall–Kier alpha value is -4.05. The minimum absolute atomic E-state index is 0.0180. The standard InChI is InChI=1S/C37H41Cl2N3O5S/c1-5-47-30-18-20-31(21-19-30)48(45,46)42(29-16-14-27(4)15-17-29)25-36(43)41(24-32-33(38)12-9-13-34(32)39)35(37(44)40-23-26(2)3)22-28-10-7-6-8-11-28/h6-21,26,35H,5,22-25H2,1-4H3,(H,40,44)/t35-/m0/s1. The summed E-state index contributed by atoms with van der Waals surface area (Å²) in [6.45, 7) is 7.77. The van der Waals surface area contributed by atoms with Crippen LogP contribution in [0.25, 0.3) is 0 Å². The van der Waals surface area contributed by atoms with Crippen LogP contribution in [0.15, 0.2) is 102 Å². The Morgan fingerprint density at radius 3 is 2.06 bits per heavy atom. The molecule has 0 heterocycles. The summed E-state index contributed by atoms with van der Waals surface area (Å²) in [4.78, 5) is 29.9. The molecule has 4 rings (SSSR count). The van der Waals surface area contributed by atoms with Gasteiger partial charge in [-0.25, -0.2) is 8.42 Å². The topological polar surface area (TPSA) is 96.0 Å². The lowest BCUT2D eigenvalue weighted by atomic mass is 10.0. The average Bonchev–Trinajstić information content (AvgIpc) is 3.06. The average molecular weight is 711 g/mol. The van der Waals surface area contributed by atoms with Gasteiger partial charge in [-0.15, -0.1) is 0 Å². The van der Waals surface area contributed by atoms with Crippen molar-refractivity contribution in [2.24, 2.45) is 5.92 Å². The zero-order chi connectivity index (χ0) is 34.8. The fourth-order valence-corrected chi connectivity index (χ4v) is 7.00. The lowest BCUT2D eigenvalue weighted by molar-refractivity contribution is -0.140. The summed E-state index contributed by atoms with van der Waals surface area (Å²) in [5, 5.41) is 3.61. The second-order valence-corrected chi connectivity index (χ2v) is 14.5. The number of nitrogens with zero attached hydrogens (tertiary/aromatic N) is 2.